The van der Waals surface area contributed by atoms with Crippen LogP contribution >= 0.6 is 0 Å². The Morgan fingerprint density at radius 3 is 2.58 bits per heavy atom. The molecule has 2 rings (SSSR count). The zero-order chi connectivity index (χ0) is 14.2. The molecule has 1 aliphatic heterocycles. The lowest BCUT2D eigenvalue weighted by Gasteiger charge is -2.36. The largest absolute Gasteiger partial charge is 0.336 e. The van der Waals surface area contributed by atoms with Gasteiger partial charge < -0.3 is 4.90 Å². The first kappa shape index (κ1) is 14.1. The molecule has 2 unspecified atom stereocenters. The first-order valence-electron chi connectivity index (χ1n) is 7.32. The van der Waals surface area contributed by atoms with Gasteiger partial charge in [-0.3, -0.25) is 4.79 Å². The van der Waals surface area contributed by atoms with Crippen LogP contribution in [0.3, 0.4) is 0 Å². The summed E-state index contributed by atoms with van der Waals surface area (Å²) in [6, 6.07) is 6.80. The maximum absolute atomic E-state index is 11.7. The van der Waals surface area contributed by atoms with E-state index < -0.39 is 0 Å². The van der Waals surface area contributed by atoms with Crippen molar-refractivity contribution < 1.29 is 4.79 Å². The van der Waals surface area contributed by atoms with Crippen LogP contribution in [0.4, 0.5) is 0 Å². The number of benzene rings is 1. The molecular weight excluding hydrogens is 234 g/mol. The Hall–Kier alpha value is -1.31. The minimum atomic E-state index is 0.181. The molecule has 0 radical (unpaired) electrons. The molecule has 19 heavy (non-hydrogen) atoms. The minimum Gasteiger partial charge on any atom is -0.336 e. The molecule has 0 saturated carbocycles. The second kappa shape index (κ2) is 5.36. The fourth-order valence-electron chi connectivity index (χ4n) is 3.11. The number of rotatable bonds is 2. The third kappa shape index (κ3) is 2.54. The summed E-state index contributed by atoms with van der Waals surface area (Å²) in [4.78, 5) is 13.7. The maximum Gasteiger partial charge on any atom is 0.219 e. The fraction of sp³-hybridized carbons (Fsp3) is 0.588. The molecule has 1 aromatic rings. The first-order valence-corrected chi connectivity index (χ1v) is 7.32. The van der Waals surface area contributed by atoms with Crippen LogP contribution in [-0.2, 0) is 11.2 Å². The Labute approximate surface area is 116 Å². The molecule has 0 spiro atoms. The van der Waals surface area contributed by atoms with Crippen LogP contribution in [0.15, 0.2) is 18.2 Å². The normalized spacial score (nSPS) is 20.3. The Morgan fingerprint density at radius 1 is 1.32 bits per heavy atom. The summed E-state index contributed by atoms with van der Waals surface area (Å²) in [5, 5.41) is 0. The van der Waals surface area contributed by atoms with Gasteiger partial charge in [-0.05, 0) is 41.9 Å². The number of carbonyl (C=O) groups is 1. The Bertz CT molecular complexity index is 478. The molecule has 0 aliphatic carbocycles. The molecular formula is C17H25NO. The highest BCUT2D eigenvalue weighted by atomic mass is 16.2. The lowest BCUT2D eigenvalue weighted by molar-refractivity contribution is -0.131. The van der Waals surface area contributed by atoms with E-state index in [0.717, 1.165) is 13.0 Å². The smallest absolute Gasteiger partial charge is 0.219 e. The molecule has 0 bridgehead atoms. The van der Waals surface area contributed by atoms with Gasteiger partial charge in [0, 0.05) is 13.5 Å². The van der Waals surface area contributed by atoms with Gasteiger partial charge >= 0.3 is 0 Å². The average molecular weight is 259 g/mol. The Kier molecular flexibility index (Phi) is 3.98. The van der Waals surface area contributed by atoms with Crippen molar-refractivity contribution in [3.05, 3.63) is 34.9 Å². The van der Waals surface area contributed by atoms with E-state index in [-0.39, 0.29) is 11.9 Å². The van der Waals surface area contributed by atoms with Gasteiger partial charge in [-0.2, -0.15) is 0 Å². The predicted octanol–water partition coefficient (Wildman–Crippen LogP) is 3.91. The second-order valence-electron chi connectivity index (χ2n) is 6.09. The van der Waals surface area contributed by atoms with E-state index in [1.165, 1.54) is 16.7 Å². The Balaban J connectivity index is 2.42. The predicted molar refractivity (Wildman–Crippen MR) is 79.2 cm³/mol. The van der Waals surface area contributed by atoms with E-state index >= 15 is 0 Å². The molecule has 2 atom stereocenters. The highest BCUT2D eigenvalue weighted by molar-refractivity contribution is 5.74. The zero-order valence-corrected chi connectivity index (χ0v) is 12.7. The molecule has 0 fully saturated rings. The van der Waals surface area contributed by atoms with Gasteiger partial charge in [0.15, 0.2) is 0 Å². The molecule has 104 valence electrons. The van der Waals surface area contributed by atoms with Gasteiger partial charge in [0.25, 0.3) is 0 Å². The average Bonchev–Trinajstić information content (AvgIpc) is 2.37. The fourth-order valence-corrected chi connectivity index (χ4v) is 3.11. The van der Waals surface area contributed by atoms with Crippen LogP contribution in [0.2, 0.25) is 0 Å². The van der Waals surface area contributed by atoms with Gasteiger partial charge in [0.1, 0.15) is 0 Å². The molecule has 1 heterocycles. The lowest BCUT2D eigenvalue weighted by atomic mass is 9.81. The zero-order valence-electron chi connectivity index (χ0n) is 12.7. The van der Waals surface area contributed by atoms with E-state index in [4.69, 9.17) is 0 Å². The van der Waals surface area contributed by atoms with E-state index in [1.807, 2.05) is 4.90 Å². The highest BCUT2D eigenvalue weighted by Crippen LogP contribution is 2.36. The summed E-state index contributed by atoms with van der Waals surface area (Å²) in [6.45, 7) is 11.5. The number of hydrogen-bond donors (Lipinski definition) is 0. The van der Waals surface area contributed by atoms with Crippen molar-refractivity contribution in [2.45, 2.75) is 53.0 Å². The monoisotopic (exact) mass is 259 g/mol. The van der Waals surface area contributed by atoms with Crippen LogP contribution in [0.25, 0.3) is 0 Å². The summed E-state index contributed by atoms with van der Waals surface area (Å²) in [7, 11) is 0. The van der Waals surface area contributed by atoms with Crippen molar-refractivity contribution in [2.24, 2.45) is 5.92 Å². The summed E-state index contributed by atoms with van der Waals surface area (Å²) in [5.41, 5.74) is 4.29. The number of carbonyl (C=O) groups excluding carboxylic acids is 1. The van der Waals surface area contributed by atoms with E-state index in [0.29, 0.717) is 11.8 Å². The molecule has 0 aromatic heterocycles. The van der Waals surface area contributed by atoms with Gasteiger partial charge in [-0.15, -0.1) is 0 Å². The number of hydrogen-bond acceptors (Lipinski definition) is 1. The molecule has 0 N–H and O–H groups in total. The van der Waals surface area contributed by atoms with Crippen LogP contribution in [0, 0.1) is 5.92 Å². The van der Waals surface area contributed by atoms with Crippen molar-refractivity contribution in [1.29, 1.82) is 0 Å². The van der Waals surface area contributed by atoms with Crippen LogP contribution in [-0.4, -0.2) is 17.4 Å². The molecule has 1 aromatic carbocycles. The van der Waals surface area contributed by atoms with Crippen molar-refractivity contribution in [2.75, 3.05) is 6.54 Å². The van der Waals surface area contributed by atoms with E-state index in [1.54, 1.807) is 6.92 Å². The minimum absolute atomic E-state index is 0.181. The molecule has 1 amide bonds. The SMILES string of the molecule is CC(=O)N1CCc2c(C(C)C(C)C)cccc2C1C. The molecule has 2 nitrogen and oxygen atoms in total. The standard InChI is InChI=1S/C17H25NO/c1-11(2)12(3)15-7-6-8-16-13(4)18(14(5)19)10-9-17(15)16/h6-8,11-13H,9-10H2,1-5H3. The topological polar surface area (TPSA) is 20.3 Å². The maximum atomic E-state index is 11.7. The van der Waals surface area contributed by atoms with Crippen LogP contribution in [0.5, 0.6) is 0 Å². The highest BCUT2D eigenvalue weighted by Gasteiger charge is 2.28. The lowest BCUT2D eigenvalue weighted by Crippen LogP contribution is -2.37. The summed E-state index contributed by atoms with van der Waals surface area (Å²) in [6.07, 6.45) is 0.993. The van der Waals surface area contributed by atoms with Crippen molar-refractivity contribution >= 4 is 5.91 Å². The van der Waals surface area contributed by atoms with Crippen LogP contribution in [0.1, 0.15) is 63.3 Å². The number of fused-ring (bicyclic) bond motifs is 1. The van der Waals surface area contributed by atoms with Crippen molar-refractivity contribution in [3.63, 3.8) is 0 Å². The Morgan fingerprint density at radius 2 is 2.00 bits per heavy atom. The van der Waals surface area contributed by atoms with Crippen molar-refractivity contribution in [3.8, 4) is 0 Å². The van der Waals surface area contributed by atoms with Gasteiger partial charge in [-0.1, -0.05) is 39.0 Å². The summed E-state index contributed by atoms with van der Waals surface area (Å²) < 4.78 is 0. The summed E-state index contributed by atoms with van der Waals surface area (Å²) in [5.74, 6) is 1.40. The number of nitrogens with zero attached hydrogens (tertiary/aromatic N) is 1. The quantitative estimate of drug-likeness (QED) is 0.788. The third-order valence-electron chi connectivity index (χ3n) is 4.66. The van der Waals surface area contributed by atoms with Gasteiger partial charge in [0.05, 0.1) is 6.04 Å². The molecule has 2 heteroatoms. The molecule has 1 aliphatic rings. The van der Waals surface area contributed by atoms with Crippen molar-refractivity contribution in [1.82, 2.24) is 4.90 Å². The first-order chi connectivity index (χ1) is 8.93. The van der Waals surface area contributed by atoms with Gasteiger partial charge in [0.2, 0.25) is 5.91 Å². The summed E-state index contributed by atoms with van der Waals surface area (Å²) >= 11 is 0. The third-order valence-corrected chi connectivity index (χ3v) is 4.66. The van der Waals surface area contributed by atoms with Gasteiger partial charge in [-0.25, -0.2) is 0 Å². The second-order valence-corrected chi connectivity index (χ2v) is 6.09. The number of amides is 1. The molecule has 0 saturated heterocycles. The van der Waals surface area contributed by atoms with E-state index in [2.05, 4.69) is 45.9 Å². The van der Waals surface area contributed by atoms with E-state index in [9.17, 15) is 4.79 Å². The van der Waals surface area contributed by atoms with Crippen LogP contribution < -0.4 is 0 Å².